The van der Waals surface area contributed by atoms with Gasteiger partial charge < -0.3 is 5.11 Å². The lowest BCUT2D eigenvalue weighted by atomic mass is 9.55. The molecule has 0 radical (unpaired) electrons. The molecule has 0 saturated heterocycles. The zero-order valence-corrected chi connectivity index (χ0v) is 12.1. The second-order valence-corrected chi connectivity index (χ2v) is 7.22. The molecule has 1 aromatic rings. The van der Waals surface area contributed by atoms with Gasteiger partial charge in [-0.3, -0.25) is 4.79 Å². The molecule has 0 aliphatic heterocycles. The van der Waals surface area contributed by atoms with Gasteiger partial charge in [-0.1, -0.05) is 13.0 Å². The van der Waals surface area contributed by atoms with E-state index in [4.69, 9.17) is 0 Å². The third-order valence-electron chi connectivity index (χ3n) is 6.42. The van der Waals surface area contributed by atoms with E-state index in [-0.39, 0.29) is 5.41 Å². The fraction of sp³-hybridized carbons (Fsp3) is 0.611. The van der Waals surface area contributed by atoms with Gasteiger partial charge in [0.05, 0.1) is 0 Å². The third kappa shape index (κ3) is 1.54. The number of phenolic OH excluding ortho intramolecular Hbond substituents is 1. The van der Waals surface area contributed by atoms with Gasteiger partial charge in [-0.15, -0.1) is 0 Å². The number of benzene rings is 1. The first-order chi connectivity index (χ1) is 9.59. The lowest BCUT2D eigenvalue weighted by Gasteiger charge is -2.48. The highest BCUT2D eigenvalue weighted by atomic mass is 16.3. The summed E-state index contributed by atoms with van der Waals surface area (Å²) in [6, 6.07) is 5.90. The average molecular weight is 270 g/mol. The zero-order valence-electron chi connectivity index (χ0n) is 12.1. The quantitative estimate of drug-likeness (QED) is 0.778. The Kier molecular flexibility index (Phi) is 2.55. The Morgan fingerprint density at radius 3 is 2.90 bits per heavy atom. The summed E-state index contributed by atoms with van der Waals surface area (Å²) in [6.07, 6.45) is 6.34. The number of aromatic hydroxyl groups is 1. The van der Waals surface area contributed by atoms with E-state index in [1.807, 2.05) is 12.1 Å². The fourth-order valence-corrected chi connectivity index (χ4v) is 5.34. The van der Waals surface area contributed by atoms with E-state index in [0.717, 1.165) is 32.1 Å². The molecule has 0 spiro atoms. The van der Waals surface area contributed by atoms with Crippen molar-refractivity contribution in [2.45, 2.75) is 51.4 Å². The summed E-state index contributed by atoms with van der Waals surface area (Å²) in [6.45, 7) is 2.22. The molecular formula is C18H22O2. The zero-order chi connectivity index (χ0) is 13.9. The summed E-state index contributed by atoms with van der Waals surface area (Å²) in [5, 5.41) is 9.67. The van der Waals surface area contributed by atoms with E-state index in [1.54, 1.807) is 0 Å². The van der Waals surface area contributed by atoms with E-state index in [2.05, 4.69) is 13.0 Å². The minimum Gasteiger partial charge on any atom is -0.508 e. The molecule has 2 heteroatoms. The Morgan fingerprint density at radius 1 is 1.20 bits per heavy atom. The molecular weight excluding hydrogens is 248 g/mol. The van der Waals surface area contributed by atoms with Crippen molar-refractivity contribution in [2.75, 3.05) is 0 Å². The second-order valence-electron chi connectivity index (χ2n) is 7.22. The number of Topliss-reactive ketones (excluding diaryl/α,β-unsaturated/α-hetero) is 1. The largest absolute Gasteiger partial charge is 0.508 e. The first kappa shape index (κ1) is 12.4. The number of carbonyl (C=O) groups is 1. The van der Waals surface area contributed by atoms with Crippen LogP contribution in [0.15, 0.2) is 18.2 Å². The minimum atomic E-state index is -0.0322. The van der Waals surface area contributed by atoms with Crippen LogP contribution in [0.5, 0.6) is 5.75 Å². The fourth-order valence-electron chi connectivity index (χ4n) is 5.34. The van der Waals surface area contributed by atoms with Gasteiger partial charge in [-0.2, -0.15) is 0 Å². The summed E-state index contributed by atoms with van der Waals surface area (Å²) in [5.41, 5.74) is 2.75. The van der Waals surface area contributed by atoms with Crippen LogP contribution < -0.4 is 0 Å². The van der Waals surface area contributed by atoms with Crippen LogP contribution in [0.3, 0.4) is 0 Å². The van der Waals surface area contributed by atoms with Gasteiger partial charge in [0.1, 0.15) is 11.5 Å². The van der Waals surface area contributed by atoms with Crippen LogP contribution >= 0.6 is 0 Å². The van der Waals surface area contributed by atoms with Gasteiger partial charge in [0.2, 0.25) is 0 Å². The number of hydrogen-bond acceptors (Lipinski definition) is 2. The molecule has 1 N–H and O–H groups in total. The molecule has 2 fully saturated rings. The van der Waals surface area contributed by atoms with Crippen LogP contribution in [-0.4, -0.2) is 10.9 Å². The highest BCUT2D eigenvalue weighted by molar-refractivity contribution is 5.87. The van der Waals surface area contributed by atoms with Crippen LogP contribution in [0.25, 0.3) is 0 Å². The van der Waals surface area contributed by atoms with Crippen molar-refractivity contribution in [3.63, 3.8) is 0 Å². The normalized spacial score (nSPS) is 39.0. The smallest absolute Gasteiger partial charge is 0.139 e. The highest BCUT2D eigenvalue weighted by Gasteiger charge is 2.54. The molecule has 106 valence electrons. The van der Waals surface area contributed by atoms with E-state index in [9.17, 15) is 9.90 Å². The lowest BCUT2D eigenvalue weighted by molar-refractivity contribution is -0.129. The second kappa shape index (κ2) is 4.09. The van der Waals surface area contributed by atoms with Crippen LogP contribution in [0.2, 0.25) is 0 Å². The topological polar surface area (TPSA) is 37.3 Å². The predicted octanol–water partition coefficient (Wildman–Crippen LogP) is 3.82. The molecule has 0 bridgehead atoms. The molecule has 1 aromatic carbocycles. The summed E-state index contributed by atoms with van der Waals surface area (Å²) in [5.74, 6) is 2.78. The maximum absolute atomic E-state index is 12.3. The molecule has 2 nitrogen and oxygen atoms in total. The lowest BCUT2D eigenvalue weighted by Crippen LogP contribution is -2.42. The SMILES string of the molecule is C[C@]12CCC3c4ccc(O)cc4CCC3[C@@H]1CCC2=O. The van der Waals surface area contributed by atoms with E-state index in [0.29, 0.717) is 29.3 Å². The molecule has 4 atom stereocenters. The molecule has 0 heterocycles. The van der Waals surface area contributed by atoms with Crippen molar-refractivity contribution in [1.29, 1.82) is 0 Å². The number of phenols is 1. The minimum absolute atomic E-state index is 0.0322. The first-order valence-corrected chi connectivity index (χ1v) is 7.95. The maximum atomic E-state index is 12.3. The van der Waals surface area contributed by atoms with Crippen molar-refractivity contribution in [2.24, 2.45) is 17.3 Å². The maximum Gasteiger partial charge on any atom is 0.139 e. The van der Waals surface area contributed by atoms with Crippen molar-refractivity contribution in [1.82, 2.24) is 0 Å². The average Bonchev–Trinajstić information content (AvgIpc) is 2.74. The molecule has 0 amide bonds. The molecule has 3 aliphatic rings. The van der Waals surface area contributed by atoms with Crippen LogP contribution in [0, 0.1) is 17.3 Å². The Morgan fingerprint density at radius 2 is 2.05 bits per heavy atom. The summed E-state index contributed by atoms with van der Waals surface area (Å²) in [7, 11) is 0. The Labute approximate surface area is 120 Å². The highest BCUT2D eigenvalue weighted by Crippen LogP contribution is 2.59. The Balaban J connectivity index is 1.73. The monoisotopic (exact) mass is 270 g/mol. The van der Waals surface area contributed by atoms with Gasteiger partial charge in [-0.05, 0) is 73.1 Å². The molecule has 4 rings (SSSR count). The van der Waals surface area contributed by atoms with Crippen molar-refractivity contribution >= 4 is 5.78 Å². The number of aryl methyl sites for hydroxylation is 1. The number of hydrogen-bond donors (Lipinski definition) is 1. The summed E-state index contributed by atoms with van der Waals surface area (Å²) >= 11 is 0. The van der Waals surface area contributed by atoms with Gasteiger partial charge >= 0.3 is 0 Å². The molecule has 2 unspecified atom stereocenters. The van der Waals surface area contributed by atoms with Crippen LogP contribution in [-0.2, 0) is 11.2 Å². The van der Waals surface area contributed by atoms with Crippen molar-refractivity contribution in [3.05, 3.63) is 29.3 Å². The van der Waals surface area contributed by atoms with Gasteiger partial charge in [0.15, 0.2) is 0 Å². The van der Waals surface area contributed by atoms with E-state index in [1.165, 1.54) is 17.5 Å². The molecule has 2 saturated carbocycles. The van der Waals surface area contributed by atoms with Gasteiger partial charge in [0, 0.05) is 11.8 Å². The Bertz CT molecular complexity index is 577. The molecule has 20 heavy (non-hydrogen) atoms. The van der Waals surface area contributed by atoms with Gasteiger partial charge in [0.25, 0.3) is 0 Å². The van der Waals surface area contributed by atoms with Crippen LogP contribution in [0.1, 0.15) is 56.1 Å². The number of carbonyl (C=O) groups excluding carboxylic acids is 1. The standard InChI is InChI=1S/C18H22O2/c1-18-9-8-14-13-5-3-12(19)10-11(13)2-4-15(14)16(18)6-7-17(18)20/h3,5,10,14-16,19H,2,4,6-9H2,1H3/t14?,15?,16-,18-/m0/s1. The predicted molar refractivity (Wildman–Crippen MR) is 77.7 cm³/mol. The third-order valence-corrected chi connectivity index (χ3v) is 6.42. The first-order valence-electron chi connectivity index (χ1n) is 7.95. The number of fused-ring (bicyclic) bond motifs is 5. The van der Waals surface area contributed by atoms with Gasteiger partial charge in [-0.25, -0.2) is 0 Å². The summed E-state index contributed by atoms with van der Waals surface area (Å²) < 4.78 is 0. The summed E-state index contributed by atoms with van der Waals surface area (Å²) in [4.78, 5) is 12.3. The van der Waals surface area contributed by atoms with E-state index < -0.39 is 0 Å². The molecule has 3 aliphatic carbocycles. The van der Waals surface area contributed by atoms with E-state index >= 15 is 0 Å². The number of ketones is 1. The van der Waals surface area contributed by atoms with Crippen molar-refractivity contribution in [3.8, 4) is 5.75 Å². The number of rotatable bonds is 0. The Hall–Kier alpha value is -1.31. The molecule has 0 aromatic heterocycles. The van der Waals surface area contributed by atoms with Crippen LogP contribution in [0.4, 0.5) is 0 Å². The van der Waals surface area contributed by atoms with Crippen molar-refractivity contribution < 1.29 is 9.90 Å².